The van der Waals surface area contributed by atoms with E-state index in [0.717, 1.165) is 32.7 Å². The van der Waals surface area contributed by atoms with E-state index in [1.165, 1.54) is 19.8 Å². The standard InChI is InChI=1S/C20H26BrN3OS/c1-16-3-5-17(6-4-16)13-22(2)20(25)15-24-11-9-23(10-12-24)14-18-7-8-19(21)26-18/h3-8H,9-15H2,1-2H3. The molecule has 1 amide bonds. The maximum atomic E-state index is 12.5. The fourth-order valence-corrected chi connectivity index (χ4v) is 4.66. The largest absolute Gasteiger partial charge is 0.340 e. The average molecular weight is 436 g/mol. The molecule has 1 aromatic heterocycles. The summed E-state index contributed by atoms with van der Waals surface area (Å²) in [5, 5.41) is 0. The minimum atomic E-state index is 0.196. The number of benzene rings is 1. The third-order valence-corrected chi connectivity index (χ3v) is 6.41. The van der Waals surface area contributed by atoms with Crippen molar-refractivity contribution in [1.29, 1.82) is 0 Å². The van der Waals surface area contributed by atoms with Gasteiger partial charge in [-0.3, -0.25) is 14.6 Å². The summed E-state index contributed by atoms with van der Waals surface area (Å²) in [6.45, 7) is 8.22. The lowest BCUT2D eigenvalue weighted by molar-refractivity contribution is -0.132. The van der Waals surface area contributed by atoms with Gasteiger partial charge in [0.2, 0.25) is 5.91 Å². The predicted octanol–water partition coefficient (Wildman–Crippen LogP) is 3.60. The van der Waals surface area contributed by atoms with Crippen LogP contribution in [0.4, 0.5) is 0 Å². The van der Waals surface area contributed by atoms with Gasteiger partial charge in [-0.1, -0.05) is 29.8 Å². The number of carbonyl (C=O) groups excluding carboxylic acids is 1. The highest BCUT2D eigenvalue weighted by Crippen LogP contribution is 2.23. The first-order chi connectivity index (χ1) is 12.5. The van der Waals surface area contributed by atoms with Gasteiger partial charge in [0, 0.05) is 51.2 Å². The fraction of sp³-hybridized carbons (Fsp3) is 0.450. The Labute approximate surface area is 168 Å². The van der Waals surface area contributed by atoms with Crippen molar-refractivity contribution in [3.05, 3.63) is 56.2 Å². The minimum Gasteiger partial charge on any atom is -0.340 e. The summed E-state index contributed by atoms with van der Waals surface area (Å²) in [7, 11) is 1.90. The third-order valence-electron chi connectivity index (χ3n) is 4.80. The Bertz CT molecular complexity index is 723. The van der Waals surface area contributed by atoms with Crippen LogP contribution in [0, 0.1) is 6.92 Å². The number of thiophene rings is 1. The van der Waals surface area contributed by atoms with E-state index in [1.807, 2.05) is 11.9 Å². The van der Waals surface area contributed by atoms with E-state index >= 15 is 0 Å². The molecule has 3 rings (SSSR count). The second kappa shape index (κ2) is 9.13. The lowest BCUT2D eigenvalue weighted by Crippen LogP contribution is -2.49. The molecule has 1 aliphatic heterocycles. The number of aryl methyl sites for hydroxylation is 1. The van der Waals surface area contributed by atoms with Crippen LogP contribution in [0.5, 0.6) is 0 Å². The van der Waals surface area contributed by atoms with Gasteiger partial charge in [-0.2, -0.15) is 0 Å². The molecule has 1 fully saturated rings. The summed E-state index contributed by atoms with van der Waals surface area (Å²) >= 11 is 5.32. The van der Waals surface area contributed by atoms with Crippen molar-refractivity contribution >= 4 is 33.2 Å². The highest BCUT2D eigenvalue weighted by molar-refractivity contribution is 9.11. The molecule has 0 bridgehead atoms. The SMILES string of the molecule is Cc1ccc(CN(C)C(=O)CN2CCN(Cc3ccc(Br)s3)CC2)cc1. The van der Waals surface area contributed by atoms with Crippen LogP contribution in [0.2, 0.25) is 0 Å². The Morgan fingerprint density at radius 3 is 2.35 bits per heavy atom. The van der Waals surface area contributed by atoms with Crippen molar-refractivity contribution in [3.8, 4) is 0 Å². The molecule has 2 heterocycles. The van der Waals surface area contributed by atoms with E-state index in [2.05, 4.69) is 69.1 Å². The summed E-state index contributed by atoms with van der Waals surface area (Å²) in [6.07, 6.45) is 0. The van der Waals surface area contributed by atoms with Crippen LogP contribution in [-0.2, 0) is 17.9 Å². The summed E-state index contributed by atoms with van der Waals surface area (Å²) in [4.78, 5) is 20.5. The first-order valence-corrected chi connectivity index (χ1v) is 10.6. The summed E-state index contributed by atoms with van der Waals surface area (Å²) in [5.74, 6) is 0.196. The number of rotatable bonds is 6. The molecule has 4 nitrogen and oxygen atoms in total. The number of hydrogen-bond donors (Lipinski definition) is 0. The lowest BCUT2D eigenvalue weighted by Gasteiger charge is -2.34. The van der Waals surface area contributed by atoms with Crippen molar-refractivity contribution in [3.63, 3.8) is 0 Å². The minimum absolute atomic E-state index is 0.196. The molecule has 0 aliphatic carbocycles. The van der Waals surface area contributed by atoms with Crippen LogP contribution >= 0.6 is 27.3 Å². The zero-order valence-corrected chi connectivity index (χ0v) is 17.9. The van der Waals surface area contributed by atoms with Gasteiger partial charge in [0.05, 0.1) is 10.3 Å². The van der Waals surface area contributed by atoms with E-state index in [9.17, 15) is 4.79 Å². The summed E-state index contributed by atoms with van der Waals surface area (Å²) in [5.41, 5.74) is 2.42. The van der Waals surface area contributed by atoms with Gasteiger partial charge < -0.3 is 4.90 Å². The molecular formula is C20H26BrN3OS. The monoisotopic (exact) mass is 435 g/mol. The van der Waals surface area contributed by atoms with E-state index in [4.69, 9.17) is 0 Å². The van der Waals surface area contributed by atoms with Gasteiger partial charge in [-0.25, -0.2) is 0 Å². The lowest BCUT2D eigenvalue weighted by atomic mass is 10.1. The molecule has 0 N–H and O–H groups in total. The molecule has 140 valence electrons. The first kappa shape index (κ1) is 19.5. The highest BCUT2D eigenvalue weighted by atomic mass is 79.9. The van der Waals surface area contributed by atoms with Gasteiger partial charge in [0.1, 0.15) is 0 Å². The van der Waals surface area contributed by atoms with Crippen LogP contribution in [0.25, 0.3) is 0 Å². The normalized spacial score (nSPS) is 16.0. The molecule has 0 unspecified atom stereocenters. The molecule has 0 saturated carbocycles. The number of carbonyl (C=O) groups is 1. The van der Waals surface area contributed by atoms with Crippen LogP contribution in [-0.4, -0.2) is 60.4 Å². The van der Waals surface area contributed by atoms with E-state index < -0.39 is 0 Å². The predicted molar refractivity (Wildman–Crippen MR) is 111 cm³/mol. The Morgan fingerprint density at radius 2 is 1.73 bits per heavy atom. The molecule has 2 aromatic rings. The van der Waals surface area contributed by atoms with Crippen molar-refractivity contribution < 1.29 is 4.79 Å². The zero-order valence-electron chi connectivity index (χ0n) is 15.4. The number of likely N-dealkylation sites (N-methyl/N-ethyl adjacent to an activating group) is 1. The number of piperazine rings is 1. The van der Waals surface area contributed by atoms with Gasteiger partial charge in [-0.15, -0.1) is 11.3 Å². The van der Waals surface area contributed by atoms with Crippen molar-refractivity contribution in [2.75, 3.05) is 39.8 Å². The molecule has 0 atom stereocenters. The molecule has 6 heteroatoms. The van der Waals surface area contributed by atoms with Gasteiger partial charge >= 0.3 is 0 Å². The fourth-order valence-electron chi connectivity index (χ4n) is 3.13. The smallest absolute Gasteiger partial charge is 0.236 e. The first-order valence-electron chi connectivity index (χ1n) is 8.98. The topological polar surface area (TPSA) is 26.8 Å². The molecule has 1 aromatic carbocycles. The van der Waals surface area contributed by atoms with Gasteiger partial charge in [0.25, 0.3) is 0 Å². The van der Waals surface area contributed by atoms with E-state index in [-0.39, 0.29) is 5.91 Å². The quantitative estimate of drug-likeness (QED) is 0.693. The van der Waals surface area contributed by atoms with Crippen molar-refractivity contribution in [2.24, 2.45) is 0 Å². The molecule has 1 aliphatic rings. The van der Waals surface area contributed by atoms with E-state index in [1.54, 1.807) is 11.3 Å². The van der Waals surface area contributed by atoms with Crippen molar-refractivity contribution in [1.82, 2.24) is 14.7 Å². The highest BCUT2D eigenvalue weighted by Gasteiger charge is 2.21. The second-order valence-electron chi connectivity index (χ2n) is 6.99. The maximum absolute atomic E-state index is 12.5. The Morgan fingerprint density at radius 1 is 1.08 bits per heavy atom. The molecule has 26 heavy (non-hydrogen) atoms. The van der Waals surface area contributed by atoms with Crippen LogP contribution in [0.15, 0.2) is 40.2 Å². The van der Waals surface area contributed by atoms with Crippen LogP contribution in [0.1, 0.15) is 16.0 Å². The third kappa shape index (κ3) is 5.64. The molecule has 0 radical (unpaired) electrons. The van der Waals surface area contributed by atoms with Gasteiger partial charge in [-0.05, 0) is 40.5 Å². The zero-order chi connectivity index (χ0) is 18.5. The van der Waals surface area contributed by atoms with Crippen LogP contribution < -0.4 is 0 Å². The maximum Gasteiger partial charge on any atom is 0.236 e. The van der Waals surface area contributed by atoms with Crippen LogP contribution in [0.3, 0.4) is 0 Å². The number of hydrogen-bond acceptors (Lipinski definition) is 4. The number of nitrogens with zero attached hydrogens (tertiary/aromatic N) is 3. The van der Waals surface area contributed by atoms with Gasteiger partial charge in [0.15, 0.2) is 0 Å². The Hall–Kier alpha value is -1.21. The summed E-state index contributed by atoms with van der Waals surface area (Å²) in [6, 6.07) is 12.7. The molecular weight excluding hydrogens is 410 g/mol. The Balaban J connectivity index is 1.41. The Kier molecular flexibility index (Phi) is 6.86. The second-order valence-corrected chi connectivity index (χ2v) is 9.54. The van der Waals surface area contributed by atoms with E-state index in [0.29, 0.717) is 13.1 Å². The molecule has 0 spiro atoms. The van der Waals surface area contributed by atoms with Crippen molar-refractivity contribution in [2.45, 2.75) is 20.0 Å². The molecule has 1 saturated heterocycles. The average Bonchev–Trinajstić information content (AvgIpc) is 3.03. The number of halogens is 1. The summed E-state index contributed by atoms with van der Waals surface area (Å²) < 4.78 is 1.19. The number of amides is 1.